The van der Waals surface area contributed by atoms with E-state index in [0.29, 0.717) is 35.3 Å². The number of aromatic amines is 2. The first-order chi connectivity index (χ1) is 10.5. The lowest BCUT2D eigenvalue weighted by atomic mass is 10.2. The maximum atomic E-state index is 12.7. The Hall–Kier alpha value is -1.57. The van der Waals surface area contributed by atoms with Gasteiger partial charge in [-0.1, -0.05) is 23.2 Å². The number of H-pyrrole nitrogens is 2. The van der Waals surface area contributed by atoms with Gasteiger partial charge in [0.25, 0.3) is 5.91 Å². The smallest absolute Gasteiger partial charge is 0.271 e. The van der Waals surface area contributed by atoms with Gasteiger partial charge in [-0.25, -0.2) is 4.98 Å². The Labute approximate surface area is 137 Å². The zero-order chi connectivity index (χ0) is 15.9. The van der Waals surface area contributed by atoms with E-state index < -0.39 is 0 Å². The minimum Gasteiger partial charge on any atom is -0.380 e. The number of methoxy groups -OCH3 is 1. The number of nitrogens with zero attached hydrogens (tertiary/aromatic N) is 3. The number of carbonyl (C=O) groups is 1. The molecule has 0 aromatic carbocycles. The molecule has 2 aromatic heterocycles. The maximum Gasteiger partial charge on any atom is 0.271 e. The molecule has 1 amide bonds. The summed E-state index contributed by atoms with van der Waals surface area (Å²) in [7, 11) is 1.63. The molecular weight excluding hydrogens is 329 g/mol. The molecule has 0 saturated carbocycles. The highest BCUT2D eigenvalue weighted by molar-refractivity contribution is 6.41. The topological polar surface area (TPSA) is 86.9 Å². The van der Waals surface area contributed by atoms with E-state index in [0.717, 1.165) is 0 Å². The monoisotopic (exact) mass is 343 g/mol. The molecule has 9 heteroatoms. The SMILES string of the molecule is CO[C@@H]1C[C@@H](c2n[nH]c(C)n2)N(C(=O)c2cc(Cl)c(Cl)[nH]2)C1. The van der Waals surface area contributed by atoms with Crippen LogP contribution in [0.3, 0.4) is 0 Å². The fourth-order valence-corrected chi connectivity index (χ4v) is 2.93. The van der Waals surface area contributed by atoms with Gasteiger partial charge in [-0.3, -0.25) is 9.89 Å². The summed E-state index contributed by atoms with van der Waals surface area (Å²) < 4.78 is 5.39. The molecule has 1 aliphatic rings. The van der Waals surface area contributed by atoms with E-state index in [-0.39, 0.29) is 23.2 Å². The van der Waals surface area contributed by atoms with Gasteiger partial charge in [-0.15, -0.1) is 0 Å². The van der Waals surface area contributed by atoms with E-state index >= 15 is 0 Å². The zero-order valence-corrected chi connectivity index (χ0v) is 13.6. The standard InChI is InChI=1S/C13H15Cl2N5O2/c1-6-16-12(19-18-6)10-3-7(22-2)5-20(10)13(21)9-4-8(14)11(15)17-9/h4,7,10,17H,3,5H2,1-2H3,(H,16,18,19)/t7-,10+/m1/s1. The van der Waals surface area contributed by atoms with Crippen molar-refractivity contribution in [2.75, 3.05) is 13.7 Å². The van der Waals surface area contributed by atoms with Gasteiger partial charge < -0.3 is 14.6 Å². The Morgan fingerprint density at radius 1 is 1.50 bits per heavy atom. The number of amides is 1. The van der Waals surface area contributed by atoms with E-state index in [2.05, 4.69) is 20.2 Å². The number of rotatable bonds is 3. The lowest BCUT2D eigenvalue weighted by Gasteiger charge is -2.21. The molecule has 2 atom stereocenters. The fraction of sp³-hybridized carbons (Fsp3) is 0.462. The van der Waals surface area contributed by atoms with Crippen LogP contribution >= 0.6 is 23.2 Å². The predicted octanol–water partition coefficient (Wildman–Crippen LogP) is 2.35. The van der Waals surface area contributed by atoms with Gasteiger partial charge in [0.2, 0.25) is 0 Å². The summed E-state index contributed by atoms with van der Waals surface area (Å²) in [6.45, 7) is 2.28. The van der Waals surface area contributed by atoms with E-state index in [4.69, 9.17) is 27.9 Å². The van der Waals surface area contributed by atoms with Crippen molar-refractivity contribution in [2.24, 2.45) is 0 Å². The fourth-order valence-electron chi connectivity index (χ4n) is 2.62. The van der Waals surface area contributed by atoms with Crippen LogP contribution in [0.15, 0.2) is 6.07 Å². The van der Waals surface area contributed by atoms with Crippen molar-refractivity contribution in [3.63, 3.8) is 0 Å². The van der Waals surface area contributed by atoms with Gasteiger partial charge in [0, 0.05) is 20.1 Å². The van der Waals surface area contributed by atoms with Crippen molar-refractivity contribution in [3.8, 4) is 0 Å². The molecule has 22 heavy (non-hydrogen) atoms. The molecule has 3 heterocycles. The largest absolute Gasteiger partial charge is 0.380 e. The van der Waals surface area contributed by atoms with E-state index in [1.807, 2.05) is 6.92 Å². The van der Waals surface area contributed by atoms with Crippen LogP contribution in [0.5, 0.6) is 0 Å². The molecular formula is C13H15Cl2N5O2. The highest BCUT2D eigenvalue weighted by atomic mass is 35.5. The van der Waals surface area contributed by atoms with E-state index in [9.17, 15) is 4.79 Å². The van der Waals surface area contributed by atoms with Crippen molar-refractivity contribution in [1.29, 1.82) is 0 Å². The lowest BCUT2D eigenvalue weighted by molar-refractivity contribution is 0.0679. The number of aromatic nitrogens is 4. The van der Waals surface area contributed by atoms with Crippen LogP contribution in [0.1, 0.15) is 34.6 Å². The minimum atomic E-state index is -0.247. The molecule has 1 aliphatic heterocycles. The van der Waals surface area contributed by atoms with Gasteiger partial charge in [-0.2, -0.15) is 5.10 Å². The predicted molar refractivity (Wildman–Crippen MR) is 81.1 cm³/mol. The Kier molecular flexibility index (Phi) is 4.12. The third-order valence-electron chi connectivity index (χ3n) is 3.73. The number of likely N-dealkylation sites (tertiary alicyclic amines) is 1. The summed E-state index contributed by atoms with van der Waals surface area (Å²) in [5.74, 6) is 1.07. The first-order valence-corrected chi connectivity index (χ1v) is 7.52. The van der Waals surface area contributed by atoms with Crippen LogP contribution in [-0.2, 0) is 4.74 Å². The van der Waals surface area contributed by atoms with Crippen LogP contribution in [0.2, 0.25) is 10.2 Å². The summed E-state index contributed by atoms with van der Waals surface area (Å²) in [5.41, 5.74) is 0.337. The highest BCUT2D eigenvalue weighted by Gasteiger charge is 2.39. The van der Waals surface area contributed by atoms with Gasteiger partial charge in [-0.05, 0) is 13.0 Å². The van der Waals surface area contributed by atoms with E-state index in [1.165, 1.54) is 6.07 Å². The van der Waals surface area contributed by atoms with Gasteiger partial charge in [0.15, 0.2) is 5.82 Å². The zero-order valence-electron chi connectivity index (χ0n) is 12.1. The van der Waals surface area contributed by atoms with E-state index in [1.54, 1.807) is 12.0 Å². The van der Waals surface area contributed by atoms with Crippen molar-refractivity contribution in [1.82, 2.24) is 25.1 Å². The molecule has 2 N–H and O–H groups in total. The molecule has 118 valence electrons. The number of hydrogen-bond donors (Lipinski definition) is 2. The second-order valence-corrected chi connectivity index (χ2v) is 5.98. The van der Waals surface area contributed by atoms with Crippen LogP contribution in [0.4, 0.5) is 0 Å². The number of nitrogens with one attached hydrogen (secondary N) is 2. The van der Waals surface area contributed by atoms with Gasteiger partial charge in [0.1, 0.15) is 16.7 Å². The minimum absolute atomic E-state index is 0.0614. The molecule has 0 aliphatic carbocycles. The maximum absolute atomic E-state index is 12.7. The molecule has 0 radical (unpaired) electrons. The summed E-state index contributed by atoms with van der Waals surface area (Å²) in [6, 6.07) is 1.27. The highest BCUT2D eigenvalue weighted by Crippen LogP contribution is 2.33. The Morgan fingerprint density at radius 3 is 2.82 bits per heavy atom. The molecule has 1 fully saturated rings. The lowest BCUT2D eigenvalue weighted by Crippen LogP contribution is -2.32. The first kappa shape index (κ1) is 15.3. The number of ether oxygens (including phenoxy) is 1. The van der Waals surface area contributed by atoms with Crippen molar-refractivity contribution in [3.05, 3.63) is 33.6 Å². The molecule has 1 saturated heterocycles. The van der Waals surface area contributed by atoms with Crippen LogP contribution < -0.4 is 0 Å². The number of hydrogen-bond acceptors (Lipinski definition) is 4. The van der Waals surface area contributed by atoms with Crippen molar-refractivity contribution in [2.45, 2.75) is 25.5 Å². The average Bonchev–Trinajstić information content (AvgIpc) is 3.18. The molecule has 2 aromatic rings. The number of aryl methyl sites for hydroxylation is 1. The second-order valence-electron chi connectivity index (χ2n) is 5.19. The molecule has 3 rings (SSSR count). The second kappa shape index (κ2) is 5.91. The normalized spacial score (nSPS) is 21.5. The number of halogens is 2. The van der Waals surface area contributed by atoms with Crippen molar-refractivity contribution >= 4 is 29.1 Å². The summed E-state index contributed by atoms with van der Waals surface area (Å²) in [5, 5.41) is 7.53. The summed E-state index contributed by atoms with van der Waals surface area (Å²) in [6.07, 6.45) is 0.579. The third-order valence-corrected chi connectivity index (χ3v) is 4.42. The Bertz CT molecular complexity index is 679. The third kappa shape index (κ3) is 2.71. The first-order valence-electron chi connectivity index (χ1n) is 6.76. The number of carbonyl (C=O) groups excluding carboxylic acids is 1. The quantitative estimate of drug-likeness (QED) is 0.895. The molecule has 0 unspecified atom stereocenters. The molecule has 0 bridgehead atoms. The Balaban J connectivity index is 1.90. The Morgan fingerprint density at radius 2 is 2.27 bits per heavy atom. The van der Waals surface area contributed by atoms with Gasteiger partial charge >= 0.3 is 0 Å². The van der Waals surface area contributed by atoms with Crippen molar-refractivity contribution < 1.29 is 9.53 Å². The summed E-state index contributed by atoms with van der Waals surface area (Å²) in [4.78, 5) is 21.5. The summed E-state index contributed by atoms with van der Waals surface area (Å²) >= 11 is 11.8. The van der Waals surface area contributed by atoms with Gasteiger partial charge in [0.05, 0.1) is 17.2 Å². The van der Waals surface area contributed by atoms with Crippen LogP contribution in [0.25, 0.3) is 0 Å². The average molecular weight is 344 g/mol. The van der Waals surface area contributed by atoms with Crippen LogP contribution in [0, 0.1) is 6.92 Å². The molecule has 0 spiro atoms. The molecule has 7 nitrogen and oxygen atoms in total. The van der Waals surface area contributed by atoms with Crippen LogP contribution in [-0.4, -0.2) is 50.7 Å².